The van der Waals surface area contributed by atoms with Crippen LogP contribution in [-0.4, -0.2) is 48.5 Å². The zero-order chi connectivity index (χ0) is 25.4. The van der Waals surface area contributed by atoms with Crippen LogP contribution in [0.3, 0.4) is 0 Å². The predicted octanol–water partition coefficient (Wildman–Crippen LogP) is 4.03. The average Bonchev–Trinajstić information content (AvgIpc) is 3.34. The van der Waals surface area contributed by atoms with Gasteiger partial charge in [-0.3, -0.25) is 4.72 Å². The van der Waals surface area contributed by atoms with E-state index in [9.17, 15) is 10.4 Å². The van der Waals surface area contributed by atoms with Crippen molar-refractivity contribution in [3.63, 3.8) is 0 Å². The first-order valence-corrected chi connectivity index (χ1v) is 12.7. The molecule has 1 saturated heterocycles. The lowest BCUT2D eigenvalue weighted by molar-refractivity contribution is 0.0561. The number of aliphatic hydroxyl groups excluding tert-OH is 1. The zero-order valence-corrected chi connectivity index (χ0v) is 21.9. The predicted molar refractivity (Wildman–Crippen MR) is 144 cm³/mol. The molecule has 7 heteroatoms. The Labute approximate surface area is 212 Å². The lowest BCUT2D eigenvalue weighted by Gasteiger charge is -2.29. The van der Waals surface area contributed by atoms with Crippen molar-refractivity contribution >= 4 is 30.2 Å². The molecular formula is C28H35N3O3S. The van der Waals surface area contributed by atoms with E-state index in [2.05, 4.69) is 47.4 Å². The average molecular weight is 494 g/mol. The number of rotatable bonds is 9. The summed E-state index contributed by atoms with van der Waals surface area (Å²) in [6.07, 6.45) is 4.88. The van der Waals surface area contributed by atoms with Crippen molar-refractivity contribution < 1.29 is 14.3 Å². The molecule has 0 radical (unpaired) electrons. The summed E-state index contributed by atoms with van der Waals surface area (Å²) >= 11 is 1.27. The standard InChI is InChI=1S/C28H35N3O3S/c1-6-24(31-12-15-33-16-13-31)18-22-7-8-23(17-20(22)2)26-10-9-25(34-26)21(3)27(19-29)35-30-28(4,5)11-14-32/h6-10,17-18,30,32H,2,11-16H2,1,3-5H3/b22-18-,24-6?,27-21+. The maximum atomic E-state index is 9.68. The first kappa shape index (κ1) is 26.8. The molecule has 1 aliphatic rings. The largest absolute Gasteiger partial charge is 0.456 e. The van der Waals surface area contributed by atoms with Gasteiger partial charge in [0.2, 0.25) is 0 Å². The topological polar surface area (TPSA) is 81.7 Å². The lowest BCUT2D eigenvalue weighted by Crippen LogP contribution is -2.36. The molecule has 0 amide bonds. The monoisotopic (exact) mass is 493 g/mol. The molecule has 1 aliphatic heterocycles. The van der Waals surface area contributed by atoms with Crippen molar-refractivity contribution in [3.05, 3.63) is 63.2 Å². The van der Waals surface area contributed by atoms with Crippen molar-refractivity contribution in [3.8, 4) is 17.4 Å². The van der Waals surface area contributed by atoms with Gasteiger partial charge < -0.3 is 19.2 Å². The quantitative estimate of drug-likeness (QED) is 0.403. The van der Waals surface area contributed by atoms with E-state index in [4.69, 9.17) is 9.15 Å². The SMILES string of the molecule is C=c1cc(-c2ccc(/C(C)=C(\C#N)SNC(C)(C)CCO)o2)cc/c1=C/C(=CC)N1CCOCC1. The van der Waals surface area contributed by atoms with Gasteiger partial charge in [0.05, 0.1) is 13.2 Å². The second kappa shape index (κ2) is 12.3. The maximum absolute atomic E-state index is 9.68. The molecule has 0 unspecified atom stereocenters. The minimum absolute atomic E-state index is 0.0841. The van der Waals surface area contributed by atoms with Crippen LogP contribution in [0.1, 0.15) is 39.9 Å². The number of morpholine rings is 1. The van der Waals surface area contributed by atoms with Crippen molar-refractivity contribution in [2.75, 3.05) is 32.9 Å². The molecule has 1 aromatic heterocycles. The molecule has 0 spiro atoms. The molecule has 3 rings (SSSR count). The van der Waals surface area contributed by atoms with Crippen LogP contribution in [0, 0.1) is 11.3 Å². The van der Waals surface area contributed by atoms with Crippen molar-refractivity contribution in [2.45, 2.75) is 39.7 Å². The van der Waals surface area contributed by atoms with Crippen molar-refractivity contribution in [2.24, 2.45) is 0 Å². The lowest BCUT2D eigenvalue weighted by atomic mass is 10.0. The smallest absolute Gasteiger partial charge is 0.134 e. The molecule has 2 N–H and O–H groups in total. The highest BCUT2D eigenvalue weighted by molar-refractivity contribution is 8.01. The second-order valence-corrected chi connectivity index (χ2v) is 9.98. The van der Waals surface area contributed by atoms with E-state index in [1.807, 2.05) is 45.0 Å². The molecule has 0 aliphatic carbocycles. The molecule has 1 fully saturated rings. The van der Waals surface area contributed by atoms with E-state index in [-0.39, 0.29) is 12.1 Å². The van der Waals surface area contributed by atoms with Crippen molar-refractivity contribution in [1.29, 1.82) is 5.26 Å². The Balaban J connectivity index is 1.81. The number of aliphatic hydroxyl groups is 1. The highest BCUT2D eigenvalue weighted by atomic mass is 32.2. The molecule has 2 heterocycles. The van der Waals surface area contributed by atoms with Gasteiger partial charge in [-0.25, -0.2) is 0 Å². The summed E-state index contributed by atoms with van der Waals surface area (Å²) in [6.45, 7) is 15.5. The molecule has 0 atom stereocenters. The van der Waals surface area contributed by atoms with Gasteiger partial charge in [0, 0.05) is 42.1 Å². The Morgan fingerprint density at radius 1 is 1.29 bits per heavy atom. The van der Waals surface area contributed by atoms with Crippen LogP contribution in [0.2, 0.25) is 0 Å². The molecule has 0 bridgehead atoms. The maximum Gasteiger partial charge on any atom is 0.134 e. The number of nitrogens with one attached hydrogen (secondary N) is 1. The molecule has 6 nitrogen and oxygen atoms in total. The van der Waals surface area contributed by atoms with Crippen LogP contribution >= 0.6 is 11.9 Å². The fourth-order valence-electron chi connectivity index (χ4n) is 3.75. The van der Waals surface area contributed by atoms with E-state index in [1.54, 1.807) is 0 Å². The molecule has 35 heavy (non-hydrogen) atoms. The number of furan rings is 1. The minimum atomic E-state index is -0.298. The van der Waals surface area contributed by atoms with E-state index >= 15 is 0 Å². The Kier molecular flexibility index (Phi) is 9.41. The summed E-state index contributed by atoms with van der Waals surface area (Å²) < 4.78 is 14.9. The number of hydrogen-bond donors (Lipinski definition) is 2. The molecule has 2 aromatic rings. The van der Waals surface area contributed by atoms with Gasteiger partial charge in [-0.15, -0.1) is 0 Å². The molecular weight excluding hydrogens is 458 g/mol. The Morgan fingerprint density at radius 2 is 2.03 bits per heavy atom. The fourth-order valence-corrected chi connectivity index (χ4v) is 4.53. The van der Waals surface area contributed by atoms with E-state index in [0.29, 0.717) is 17.1 Å². The summed E-state index contributed by atoms with van der Waals surface area (Å²) in [4.78, 5) is 2.86. The zero-order valence-electron chi connectivity index (χ0n) is 21.1. The van der Waals surface area contributed by atoms with Crippen LogP contribution in [0.4, 0.5) is 0 Å². The van der Waals surface area contributed by atoms with Crippen LogP contribution in [0.25, 0.3) is 29.6 Å². The van der Waals surface area contributed by atoms with Crippen LogP contribution in [-0.2, 0) is 4.74 Å². The minimum Gasteiger partial charge on any atom is -0.456 e. The van der Waals surface area contributed by atoms with Crippen molar-refractivity contribution in [1.82, 2.24) is 9.62 Å². The summed E-state index contributed by atoms with van der Waals surface area (Å²) in [6, 6.07) is 12.2. The van der Waals surface area contributed by atoms with Gasteiger partial charge in [0.1, 0.15) is 22.5 Å². The normalized spacial score (nSPS) is 16.3. The van der Waals surface area contributed by atoms with E-state index < -0.39 is 0 Å². The highest BCUT2D eigenvalue weighted by Crippen LogP contribution is 2.30. The first-order valence-electron chi connectivity index (χ1n) is 11.8. The summed E-state index contributed by atoms with van der Waals surface area (Å²) in [5.74, 6) is 1.38. The Morgan fingerprint density at radius 3 is 2.66 bits per heavy atom. The van der Waals surface area contributed by atoms with Gasteiger partial charge >= 0.3 is 0 Å². The molecule has 0 saturated carbocycles. The summed E-state index contributed by atoms with van der Waals surface area (Å²) in [7, 11) is 0. The van der Waals surface area contributed by atoms with Crippen LogP contribution < -0.4 is 15.2 Å². The Hall–Kier alpha value is -2.76. The van der Waals surface area contributed by atoms with Gasteiger partial charge in [-0.2, -0.15) is 5.26 Å². The van der Waals surface area contributed by atoms with Crippen LogP contribution in [0.5, 0.6) is 0 Å². The molecule has 186 valence electrons. The van der Waals surface area contributed by atoms with Crippen LogP contribution in [0.15, 0.2) is 51.4 Å². The number of allylic oxidation sites excluding steroid dienone is 4. The van der Waals surface area contributed by atoms with E-state index in [0.717, 1.165) is 53.6 Å². The summed E-state index contributed by atoms with van der Waals surface area (Å²) in [5, 5.41) is 20.9. The number of hydrogen-bond acceptors (Lipinski definition) is 7. The number of nitrogens with zero attached hydrogens (tertiary/aromatic N) is 2. The van der Waals surface area contributed by atoms with E-state index in [1.165, 1.54) is 17.6 Å². The third-order valence-corrected chi connectivity index (χ3v) is 7.24. The second-order valence-electron chi connectivity index (χ2n) is 9.16. The Bertz CT molecular complexity index is 1230. The third kappa shape index (κ3) is 7.12. The van der Waals surface area contributed by atoms with Gasteiger partial charge in [0.25, 0.3) is 0 Å². The van der Waals surface area contributed by atoms with Gasteiger partial charge in [0.15, 0.2) is 0 Å². The number of ether oxygens (including phenoxy) is 1. The highest BCUT2D eigenvalue weighted by Gasteiger charge is 2.19. The fraction of sp³-hybridized carbons (Fsp3) is 0.393. The van der Waals surface area contributed by atoms with Gasteiger partial charge in [-0.1, -0.05) is 24.8 Å². The number of nitriles is 1. The third-order valence-electron chi connectivity index (χ3n) is 5.99. The molecule has 1 aromatic carbocycles. The summed E-state index contributed by atoms with van der Waals surface area (Å²) in [5.41, 5.74) is 2.57. The number of benzene rings is 1. The first-order chi connectivity index (χ1) is 16.8. The van der Waals surface area contributed by atoms with Gasteiger partial charge in [-0.05, 0) is 80.8 Å².